The van der Waals surface area contributed by atoms with Crippen molar-refractivity contribution in [2.24, 2.45) is 0 Å². The lowest BCUT2D eigenvalue weighted by Gasteiger charge is -2.14. The molecule has 0 radical (unpaired) electrons. The Morgan fingerprint density at radius 1 is 0.320 bits per heavy atom. The van der Waals surface area contributed by atoms with Crippen LogP contribution in [0.5, 0.6) is 34.5 Å². The van der Waals surface area contributed by atoms with Crippen LogP contribution in [0.15, 0.2) is 255 Å². The van der Waals surface area contributed by atoms with Crippen molar-refractivity contribution in [3.05, 3.63) is 285 Å². The number of fused-ring (bicyclic) bond motifs is 2. The molecule has 0 unspecified atom stereocenters. The molecule has 9 aromatic carbocycles. The molecular formula is C65H50O10. The van der Waals surface area contributed by atoms with Crippen molar-refractivity contribution in [3.8, 4) is 57.1 Å². The van der Waals surface area contributed by atoms with Crippen LogP contribution >= 0.6 is 0 Å². The molecule has 370 valence electrons. The molecule has 11 rings (SSSR count). The molecule has 11 aromatic rings. The van der Waals surface area contributed by atoms with Crippen molar-refractivity contribution in [3.63, 3.8) is 0 Å². The summed E-state index contributed by atoms with van der Waals surface area (Å²) in [4.78, 5) is 27.1. The van der Waals surface area contributed by atoms with Crippen LogP contribution in [0.4, 0.5) is 0 Å². The fourth-order valence-corrected chi connectivity index (χ4v) is 8.24. The maximum atomic E-state index is 14.0. The minimum absolute atomic E-state index is 0.104. The zero-order valence-corrected chi connectivity index (χ0v) is 40.7. The van der Waals surface area contributed by atoms with Crippen molar-refractivity contribution in [2.45, 2.75) is 33.0 Å². The number of benzene rings is 9. The Morgan fingerprint density at radius 3 is 1.05 bits per heavy atom. The fraction of sp³-hybridized carbons (Fsp3) is 0.0769. The molecule has 2 heterocycles. The minimum Gasteiger partial charge on any atom is -0.502 e. The predicted octanol–water partition coefficient (Wildman–Crippen LogP) is 14.5. The first-order valence-electron chi connectivity index (χ1n) is 24.4. The highest BCUT2D eigenvalue weighted by molar-refractivity contribution is 5.88. The van der Waals surface area contributed by atoms with Gasteiger partial charge >= 0.3 is 0 Å². The molecule has 75 heavy (non-hydrogen) atoms. The topological polar surface area (TPSA) is 127 Å². The summed E-state index contributed by atoms with van der Waals surface area (Å²) in [6, 6.07) is 74.1. The molecule has 0 saturated carbocycles. The van der Waals surface area contributed by atoms with E-state index in [9.17, 15) is 14.7 Å². The van der Waals surface area contributed by atoms with Crippen molar-refractivity contribution in [1.29, 1.82) is 0 Å². The van der Waals surface area contributed by atoms with Crippen molar-refractivity contribution < 1.29 is 37.6 Å². The molecule has 0 atom stereocenters. The summed E-state index contributed by atoms with van der Waals surface area (Å²) in [5, 5.41) is 11.2. The van der Waals surface area contributed by atoms with Gasteiger partial charge in [0.2, 0.25) is 22.4 Å². The van der Waals surface area contributed by atoms with Gasteiger partial charge in [-0.1, -0.05) is 164 Å². The molecular weight excluding hydrogens is 941 g/mol. The van der Waals surface area contributed by atoms with E-state index in [1.807, 2.05) is 182 Å². The van der Waals surface area contributed by atoms with E-state index in [2.05, 4.69) is 0 Å². The van der Waals surface area contributed by atoms with E-state index < -0.39 is 11.2 Å². The smallest absolute Gasteiger partial charge is 0.239 e. The summed E-state index contributed by atoms with van der Waals surface area (Å²) in [6.45, 7) is 1.75. The van der Waals surface area contributed by atoms with Gasteiger partial charge in [0.05, 0.1) is 0 Å². The summed E-state index contributed by atoms with van der Waals surface area (Å²) in [6.07, 6.45) is 0. The summed E-state index contributed by atoms with van der Waals surface area (Å²) in [5.74, 6) is 2.33. The quantitative estimate of drug-likeness (QED) is 0.0942. The lowest BCUT2D eigenvalue weighted by atomic mass is 10.1. The number of aromatic hydroxyl groups is 1. The highest BCUT2D eigenvalue weighted by Crippen LogP contribution is 2.37. The van der Waals surface area contributed by atoms with Crippen LogP contribution in [0.25, 0.3) is 44.6 Å². The zero-order chi connectivity index (χ0) is 51.2. The van der Waals surface area contributed by atoms with Gasteiger partial charge in [-0.05, 0) is 101 Å². The Morgan fingerprint density at radius 2 is 0.653 bits per heavy atom. The van der Waals surface area contributed by atoms with E-state index in [1.54, 1.807) is 54.6 Å². The van der Waals surface area contributed by atoms with Crippen LogP contribution in [0.3, 0.4) is 0 Å². The Hall–Kier alpha value is -9.80. The Labute approximate surface area is 432 Å². The molecule has 0 spiro atoms. The van der Waals surface area contributed by atoms with E-state index in [0.29, 0.717) is 82.9 Å². The molecule has 0 bridgehead atoms. The molecule has 10 nitrogen and oxygen atoms in total. The highest BCUT2D eigenvalue weighted by Gasteiger charge is 2.22. The van der Waals surface area contributed by atoms with Gasteiger partial charge < -0.3 is 37.6 Å². The van der Waals surface area contributed by atoms with Gasteiger partial charge in [-0.3, -0.25) is 9.59 Å². The molecule has 0 aliphatic heterocycles. The van der Waals surface area contributed by atoms with Crippen LogP contribution in [0, 0.1) is 0 Å². The Balaban J connectivity index is 0.000000174. The maximum Gasteiger partial charge on any atom is 0.239 e. The Bertz CT molecular complexity index is 3730. The van der Waals surface area contributed by atoms with Gasteiger partial charge in [-0.25, -0.2) is 0 Å². The largest absolute Gasteiger partial charge is 0.502 e. The average molecular weight is 991 g/mol. The van der Waals surface area contributed by atoms with E-state index >= 15 is 0 Å². The first-order chi connectivity index (χ1) is 36.9. The molecule has 10 heteroatoms. The second-order valence-electron chi connectivity index (χ2n) is 17.4. The van der Waals surface area contributed by atoms with Gasteiger partial charge in [0.25, 0.3) is 0 Å². The molecule has 0 amide bonds. The maximum absolute atomic E-state index is 14.0. The van der Waals surface area contributed by atoms with Gasteiger partial charge in [0.1, 0.15) is 78.0 Å². The number of hydrogen-bond donors (Lipinski definition) is 1. The summed E-state index contributed by atoms with van der Waals surface area (Å²) in [5.41, 5.74) is 6.27. The van der Waals surface area contributed by atoms with E-state index in [1.165, 1.54) is 0 Å². The lowest BCUT2D eigenvalue weighted by molar-refractivity contribution is 0.295. The molecule has 2 aromatic heterocycles. The van der Waals surface area contributed by atoms with E-state index in [0.717, 1.165) is 27.8 Å². The number of rotatable bonds is 17. The van der Waals surface area contributed by atoms with Crippen LogP contribution in [0.2, 0.25) is 0 Å². The number of ether oxygens (including phenoxy) is 5. The van der Waals surface area contributed by atoms with Gasteiger partial charge in [-0.2, -0.15) is 0 Å². The Kier molecular flexibility index (Phi) is 15.4. The molecule has 0 fully saturated rings. The normalized spacial score (nSPS) is 10.8. The highest BCUT2D eigenvalue weighted by atomic mass is 16.5. The SMILES string of the molecule is O=c1c(O)c(-c2ccc(OCc3ccccc3)cc2)oc2cccc(OCc3ccccc3)c12.O=c1c(OCc2ccccc2)c(-c2ccc(OCc3ccccc3)cc2)oc2cccc(OCc3ccccc3)c12. The lowest BCUT2D eigenvalue weighted by Crippen LogP contribution is -2.11. The molecule has 0 aliphatic carbocycles. The van der Waals surface area contributed by atoms with Crippen LogP contribution in [-0.4, -0.2) is 5.11 Å². The van der Waals surface area contributed by atoms with E-state index in [4.69, 9.17) is 32.5 Å². The predicted molar refractivity (Wildman–Crippen MR) is 291 cm³/mol. The third-order valence-electron chi connectivity index (χ3n) is 12.1. The third-order valence-corrected chi connectivity index (χ3v) is 12.1. The van der Waals surface area contributed by atoms with Gasteiger partial charge in [-0.15, -0.1) is 0 Å². The molecule has 0 saturated heterocycles. The fourth-order valence-electron chi connectivity index (χ4n) is 8.24. The summed E-state index contributed by atoms with van der Waals surface area (Å²) >= 11 is 0. The van der Waals surface area contributed by atoms with Crippen molar-refractivity contribution in [2.75, 3.05) is 0 Å². The third kappa shape index (κ3) is 12.1. The van der Waals surface area contributed by atoms with Crippen LogP contribution in [-0.2, 0) is 33.0 Å². The van der Waals surface area contributed by atoms with E-state index in [-0.39, 0.29) is 28.9 Å². The second kappa shape index (κ2) is 23.6. The standard InChI is InChI=1S/C36H28O5.C29H22O5/c37-34-33-31(39-24-27-13-6-2-7-14-27)17-10-18-32(33)41-35(36(34)40-25-28-15-8-3-9-16-28)29-19-21-30(22-20-29)38-23-26-11-4-1-5-12-26;30-27-26-24(33-19-21-10-5-2-6-11-21)12-7-13-25(26)34-29(28(27)31)22-14-16-23(17-15-22)32-18-20-8-3-1-4-9-20/h1-22H,23-25H2;1-17,31H,18-19H2. The second-order valence-corrected chi connectivity index (χ2v) is 17.4. The molecule has 1 N–H and O–H groups in total. The summed E-state index contributed by atoms with van der Waals surface area (Å²) in [7, 11) is 0. The first-order valence-corrected chi connectivity index (χ1v) is 24.4. The minimum atomic E-state index is -0.538. The monoisotopic (exact) mass is 990 g/mol. The van der Waals surface area contributed by atoms with Gasteiger partial charge in [0.15, 0.2) is 11.5 Å². The zero-order valence-electron chi connectivity index (χ0n) is 40.7. The number of hydrogen-bond acceptors (Lipinski definition) is 10. The van der Waals surface area contributed by atoms with Crippen molar-refractivity contribution in [1.82, 2.24) is 0 Å². The van der Waals surface area contributed by atoms with Gasteiger partial charge in [0, 0.05) is 11.1 Å². The first kappa shape index (κ1) is 48.8. The van der Waals surface area contributed by atoms with Crippen molar-refractivity contribution >= 4 is 21.9 Å². The average Bonchev–Trinajstić information content (AvgIpc) is 3.47. The molecule has 0 aliphatic rings. The summed E-state index contributed by atoms with van der Waals surface area (Å²) < 4.78 is 42.2. The van der Waals surface area contributed by atoms with Crippen LogP contribution in [0.1, 0.15) is 27.8 Å². The van der Waals surface area contributed by atoms with Crippen LogP contribution < -0.4 is 34.5 Å².